The van der Waals surface area contributed by atoms with Gasteiger partial charge in [-0.25, -0.2) is 4.79 Å². The van der Waals surface area contributed by atoms with Crippen molar-refractivity contribution >= 4 is 12.0 Å². The predicted octanol–water partition coefficient (Wildman–Crippen LogP) is 7.03. The molecule has 0 radical (unpaired) electrons. The Labute approximate surface area is 208 Å². The Bertz CT molecular complexity index is 1140. The van der Waals surface area contributed by atoms with Crippen molar-refractivity contribution in [3.63, 3.8) is 0 Å². The van der Waals surface area contributed by atoms with Crippen LogP contribution in [0, 0.1) is 17.2 Å². The van der Waals surface area contributed by atoms with Gasteiger partial charge in [-0.15, -0.1) is 0 Å². The van der Waals surface area contributed by atoms with Gasteiger partial charge in [0.1, 0.15) is 5.75 Å². The quantitative estimate of drug-likeness (QED) is 0.212. The molecule has 4 heteroatoms. The first-order chi connectivity index (χ1) is 17.1. The number of esters is 1. The van der Waals surface area contributed by atoms with Gasteiger partial charge in [-0.05, 0) is 73.1 Å². The number of ether oxygens (including phenoxy) is 2. The Morgan fingerprint density at radius 3 is 2.40 bits per heavy atom. The summed E-state index contributed by atoms with van der Waals surface area (Å²) in [6, 6.07) is 25.7. The van der Waals surface area contributed by atoms with Gasteiger partial charge >= 0.3 is 5.97 Å². The molecule has 0 aliphatic rings. The fourth-order valence-corrected chi connectivity index (χ4v) is 3.88. The predicted molar refractivity (Wildman–Crippen MR) is 140 cm³/mol. The third-order valence-corrected chi connectivity index (χ3v) is 5.98. The topological polar surface area (TPSA) is 59.3 Å². The van der Waals surface area contributed by atoms with Crippen LogP contribution in [-0.4, -0.2) is 19.7 Å². The van der Waals surface area contributed by atoms with Gasteiger partial charge in [-0.2, -0.15) is 5.26 Å². The third kappa shape index (κ3) is 8.15. The van der Waals surface area contributed by atoms with Crippen LogP contribution in [0.25, 0.3) is 6.08 Å². The SMILES string of the molecule is CCCCOc1ccccc1/C=C/C(CCc1ccc(C#N)cc1)Cc1ccc(C(=O)OC)cc1. The number of hydrogen-bond donors (Lipinski definition) is 0. The average Bonchev–Trinajstić information content (AvgIpc) is 2.91. The van der Waals surface area contributed by atoms with E-state index in [2.05, 4.69) is 31.2 Å². The maximum Gasteiger partial charge on any atom is 0.337 e. The van der Waals surface area contributed by atoms with E-state index in [9.17, 15) is 4.79 Å². The summed E-state index contributed by atoms with van der Waals surface area (Å²) in [5.74, 6) is 0.872. The van der Waals surface area contributed by atoms with Crippen molar-refractivity contribution in [2.75, 3.05) is 13.7 Å². The molecule has 0 amide bonds. The molecule has 3 rings (SSSR count). The fourth-order valence-electron chi connectivity index (χ4n) is 3.88. The molecule has 0 aromatic heterocycles. The summed E-state index contributed by atoms with van der Waals surface area (Å²) < 4.78 is 10.8. The van der Waals surface area contributed by atoms with Crippen LogP contribution in [0.4, 0.5) is 0 Å². The Hall–Kier alpha value is -3.84. The van der Waals surface area contributed by atoms with E-state index in [-0.39, 0.29) is 5.97 Å². The first-order valence-electron chi connectivity index (χ1n) is 12.2. The molecule has 0 aliphatic carbocycles. The molecule has 4 nitrogen and oxygen atoms in total. The number of allylic oxidation sites excluding steroid dienone is 1. The molecule has 1 atom stereocenters. The van der Waals surface area contributed by atoms with Crippen LogP contribution in [0.1, 0.15) is 58.8 Å². The zero-order chi connectivity index (χ0) is 24.9. The number of nitrogens with zero attached hydrogens (tertiary/aromatic N) is 1. The summed E-state index contributed by atoms with van der Waals surface area (Å²) in [4.78, 5) is 11.8. The molecule has 0 bridgehead atoms. The van der Waals surface area contributed by atoms with Crippen LogP contribution >= 0.6 is 0 Å². The van der Waals surface area contributed by atoms with E-state index >= 15 is 0 Å². The standard InChI is InChI=1S/C31H33NO3/c1-3-4-21-35-30-8-6-5-7-28(30)18-15-25(12-9-24-10-13-27(23-32)14-11-24)22-26-16-19-29(20-17-26)31(33)34-2/h5-8,10-11,13-20,25H,3-4,9,12,21-22H2,1-2H3/b18-15+. The highest BCUT2D eigenvalue weighted by atomic mass is 16.5. The van der Waals surface area contributed by atoms with Gasteiger partial charge in [-0.1, -0.05) is 68.0 Å². The molecule has 0 spiro atoms. The lowest BCUT2D eigenvalue weighted by atomic mass is 9.91. The molecular formula is C31H33NO3. The number of rotatable bonds is 12. The number of carbonyl (C=O) groups is 1. The molecule has 0 saturated heterocycles. The molecule has 3 aromatic rings. The van der Waals surface area contributed by atoms with E-state index in [1.807, 2.05) is 66.7 Å². The summed E-state index contributed by atoms with van der Waals surface area (Å²) in [5.41, 5.74) is 4.69. The van der Waals surface area contributed by atoms with Crippen LogP contribution in [0.15, 0.2) is 78.9 Å². The highest BCUT2D eigenvalue weighted by Gasteiger charge is 2.10. The molecule has 0 aliphatic heterocycles. The van der Waals surface area contributed by atoms with Crippen molar-refractivity contribution in [1.29, 1.82) is 5.26 Å². The normalized spacial score (nSPS) is 11.7. The van der Waals surface area contributed by atoms with E-state index in [0.29, 0.717) is 17.0 Å². The van der Waals surface area contributed by atoms with Gasteiger partial charge < -0.3 is 9.47 Å². The Balaban J connectivity index is 1.76. The van der Waals surface area contributed by atoms with Crippen molar-refractivity contribution in [3.8, 4) is 11.8 Å². The smallest absolute Gasteiger partial charge is 0.337 e. The molecule has 1 unspecified atom stereocenters. The number of carbonyl (C=O) groups excluding carboxylic acids is 1. The summed E-state index contributed by atoms with van der Waals surface area (Å²) in [7, 11) is 1.39. The van der Waals surface area contributed by atoms with E-state index in [1.165, 1.54) is 18.2 Å². The highest BCUT2D eigenvalue weighted by Crippen LogP contribution is 2.24. The van der Waals surface area contributed by atoms with Crippen LogP contribution in [0.5, 0.6) is 5.75 Å². The van der Waals surface area contributed by atoms with Gasteiger partial charge in [0.05, 0.1) is 30.9 Å². The number of unbranched alkanes of at least 4 members (excludes halogenated alkanes) is 1. The van der Waals surface area contributed by atoms with Gasteiger partial charge in [0.2, 0.25) is 0 Å². The molecule has 0 saturated carbocycles. The third-order valence-electron chi connectivity index (χ3n) is 5.98. The Morgan fingerprint density at radius 2 is 1.71 bits per heavy atom. The Morgan fingerprint density at radius 1 is 1.00 bits per heavy atom. The second kappa shape index (κ2) is 13.8. The molecule has 0 fully saturated rings. The minimum atomic E-state index is -0.325. The number of methoxy groups -OCH3 is 1. The van der Waals surface area contributed by atoms with E-state index < -0.39 is 0 Å². The van der Waals surface area contributed by atoms with E-state index in [4.69, 9.17) is 14.7 Å². The summed E-state index contributed by atoms with van der Waals surface area (Å²) in [6.07, 6.45) is 9.28. The Kier molecular flexibility index (Phi) is 10.1. The first kappa shape index (κ1) is 25.8. The number of aryl methyl sites for hydroxylation is 1. The molecule has 35 heavy (non-hydrogen) atoms. The van der Waals surface area contributed by atoms with E-state index in [1.54, 1.807) is 0 Å². The van der Waals surface area contributed by atoms with Gasteiger partial charge in [-0.3, -0.25) is 0 Å². The van der Waals surface area contributed by atoms with Crippen molar-refractivity contribution in [1.82, 2.24) is 0 Å². The summed E-state index contributed by atoms with van der Waals surface area (Å²) in [5, 5.41) is 9.05. The lowest BCUT2D eigenvalue weighted by molar-refractivity contribution is 0.0600. The molecule has 3 aromatic carbocycles. The van der Waals surface area contributed by atoms with Crippen LogP contribution in [0.3, 0.4) is 0 Å². The van der Waals surface area contributed by atoms with Crippen molar-refractivity contribution in [3.05, 3.63) is 107 Å². The largest absolute Gasteiger partial charge is 0.493 e. The van der Waals surface area contributed by atoms with Crippen LogP contribution in [0.2, 0.25) is 0 Å². The van der Waals surface area contributed by atoms with Gasteiger partial charge in [0, 0.05) is 5.56 Å². The highest BCUT2D eigenvalue weighted by molar-refractivity contribution is 5.89. The van der Waals surface area contributed by atoms with Crippen LogP contribution < -0.4 is 4.74 Å². The van der Waals surface area contributed by atoms with Gasteiger partial charge in [0.25, 0.3) is 0 Å². The van der Waals surface area contributed by atoms with Crippen LogP contribution in [-0.2, 0) is 17.6 Å². The zero-order valence-corrected chi connectivity index (χ0v) is 20.6. The molecular weight excluding hydrogens is 434 g/mol. The monoisotopic (exact) mass is 467 g/mol. The van der Waals surface area contributed by atoms with Gasteiger partial charge in [0.15, 0.2) is 0 Å². The van der Waals surface area contributed by atoms with Crippen molar-refractivity contribution in [2.45, 2.75) is 39.0 Å². The second-order valence-electron chi connectivity index (χ2n) is 8.60. The maximum absolute atomic E-state index is 11.8. The molecule has 180 valence electrons. The summed E-state index contributed by atoms with van der Waals surface area (Å²) >= 11 is 0. The van der Waals surface area contributed by atoms with E-state index in [0.717, 1.165) is 50.0 Å². The minimum Gasteiger partial charge on any atom is -0.493 e. The maximum atomic E-state index is 11.8. The average molecular weight is 468 g/mol. The lowest BCUT2D eigenvalue weighted by Gasteiger charge is -2.15. The fraction of sp³-hybridized carbons (Fsp3) is 0.290. The van der Waals surface area contributed by atoms with Crippen molar-refractivity contribution < 1.29 is 14.3 Å². The number of benzene rings is 3. The zero-order valence-electron chi connectivity index (χ0n) is 20.6. The second-order valence-corrected chi connectivity index (χ2v) is 8.60. The number of hydrogen-bond acceptors (Lipinski definition) is 4. The number of para-hydroxylation sites is 1. The molecule has 0 N–H and O–H groups in total. The number of nitriles is 1. The summed E-state index contributed by atoms with van der Waals surface area (Å²) in [6.45, 7) is 2.88. The lowest BCUT2D eigenvalue weighted by Crippen LogP contribution is -2.05. The van der Waals surface area contributed by atoms with Crippen molar-refractivity contribution in [2.24, 2.45) is 5.92 Å². The molecule has 0 heterocycles. The first-order valence-corrected chi connectivity index (χ1v) is 12.2. The minimum absolute atomic E-state index is 0.290.